The molecule has 0 amide bonds. The first-order valence-electron chi connectivity index (χ1n) is 6.07. The lowest BCUT2D eigenvalue weighted by atomic mass is 10.1. The van der Waals surface area contributed by atoms with Crippen LogP contribution >= 0.6 is 11.6 Å². The van der Waals surface area contributed by atoms with Crippen molar-refractivity contribution in [2.45, 2.75) is 13.0 Å². The Morgan fingerprint density at radius 2 is 1.75 bits per heavy atom. The van der Waals surface area contributed by atoms with Crippen LogP contribution in [0.2, 0.25) is 5.02 Å². The highest BCUT2D eigenvalue weighted by Crippen LogP contribution is 2.22. The van der Waals surface area contributed by atoms with Crippen molar-refractivity contribution in [1.29, 1.82) is 0 Å². The molecule has 0 spiro atoms. The quantitative estimate of drug-likeness (QED) is 0.925. The molecule has 2 aromatic rings. The van der Waals surface area contributed by atoms with Gasteiger partial charge in [-0.1, -0.05) is 23.7 Å². The molecule has 0 aliphatic heterocycles. The summed E-state index contributed by atoms with van der Waals surface area (Å²) in [6, 6.07) is 8.94. The summed E-state index contributed by atoms with van der Waals surface area (Å²) in [6.07, 6.45) is 0. The van der Waals surface area contributed by atoms with Gasteiger partial charge in [0, 0.05) is 10.6 Å². The summed E-state index contributed by atoms with van der Waals surface area (Å²) in [5.74, 6) is -1.22. The van der Waals surface area contributed by atoms with Crippen molar-refractivity contribution in [3.05, 3.63) is 64.2 Å². The van der Waals surface area contributed by atoms with Gasteiger partial charge in [-0.25, -0.2) is 8.78 Å². The summed E-state index contributed by atoms with van der Waals surface area (Å²) in [7, 11) is 0. The number of halogens is 3. The third-order valence-electron chi connectivity index (χ3n) is 2.95. The fraction of sp³-hybridized carbons (Fsp3) is 0.200. The zero-order valence-electron chi connectivity index (χ0n) is 10.9. The zero-order chi connectivity index (χ0) is 14.7. The summed E-state index contributed by atoms with van der Waals surface area (Å²) in [5.41, 5.74) is 6.18. The van der Waals surface area contributed by atoms with Crippen LogP contribution in [0.15, 0.2) is 36.4 Å². The first-order valence-corrected chi connectivity index (χ1v) is 6.45. The molecule has 0 aliphatic carbocycles. The van der Waals surface area contributed by atoms with Gasteiger partial charge in [0.1, 0.15) is 12.4 Å². The van der Waals surface area contributed by atoms with Gasteiger partial charge in [-0.05, 0) is 36.8 Å². The summed E-state index contributed by atoms with van der Waals surface area (Å²) >= 11 is 5.75. The van der Waals surface area contributed by atoms with E-state index in [1.54, 1.807) is 24.3 Å². The maximum Gasteiger partial charge on any atom is 0.163 e. The minimum Gasteiger partial charge on any atom is -0.492 e. The maximum atomic E-state index is 13.8. The predicted octanol–water partition coefficient (Wildman–Crippen LogP) is 4.01. The van der Waals surface area contributed by atoms with Crippen molar-refractivity contribution in [3.8, 4) is 5.75 Å². The molecule has 0 aliphatic rings. The van der Waals surface area contributed by atoms with Crippen molar-refractivity contribution in [3.63, 3.8) is 0 Å². The Bertz CT molecular complexity index is 602. The van der Waals surface area contributed by atoms with Crippen LogP contribution in [0.25, 0.3) is 0 Å². The SMILES string of the molecule is Cc1ccc(C(N)COc2ccc(Cl)cc2)c(F)c1F. The fourth-order valence-corrected chi connectivity index (χ4v) is 1.88. The van der Waals surface area contributed by atoms with Gasteiger partial charge in [0.05, 0.1) is 6.04 Å². The number of aryl methyl sites for hydroxylation is 1. The molecule has 0 fully saturated rings. The Kier molecular flexibility index (Phi) is 4.57. The summed E-state index contributed by atoms with van der Waals surface area (Å²) in [5, 5.41) is 0.591. The summed E-state index contributed by atoms with van der Waals surface area (Å²) < 4.78 is 32.7. The molecule has 2 rings (SSSR count). The molecule has 20 heavy (non-hydrogen) atoms. The van der Waals surface area contributed by atoms with Gasteiger partial charge >= 0.3 is 0 Å². The van der Waals surface area contributed by atoms with Gasteiger partial charge in [0.25, 0.3) is 0 Å². The highest BCUT2D eigenvalue weighted by Gasteiger charge is 2.17. The third-order valence-corrected chi connectivity index (χ3v) is 3.20. The molecule has 1 unspecified atom stereocenters. The zero-order valence-corrected chi connectivity index (χ0v) is 11.6. The monoisotopic (exact) mass is 297 g/mol. The van der Waals surface area contributed by atoms with Crippen LogP contribution in [-0.4, -0.2) is 6.61 Å². The van der Waals surface area contributed by atoms with Gasteiger partial charge in [-0.15, -0.1) is 0 Å². The topological polar surface area (TPSA) is 35.2 Å². The predicted molar refractivity (Wildman–Crippen MR) is 75.0 cm³/mol. The van der Waals surface area contributed by atoms with Crippen LogP contribution in [0.1, 0.15) is 17.2 Å². The van der Waals surface area contributed by atoms with Crippen LogP contribution in [0.4, 0.5) is 8.78 Å². The summed E-state index contributed by atoms with van der Waals surface area (Å²) in [4.78, 5) is 0. The van der Waals surface area contributed by atoms with Crippen molar-refractivity contribution in [2.75, 3.05) is 6.61 Å². The summed E-state index contributed by atoms with van der Waals surface area (Å²) in [6.45, 7) is 1.54. The Balaban J connectivity index is 2.07. The van der Waals surface area contributed by atoms with Gasteiger partial charge in [-0.3, -0.25) is 0 Å². The molecule has 0 saturated heterocycles. The molecule has 2 N–H and O–H groups in total. The van der Waals surface area contributed by atoms with E-state index in [4.69, 9.17) is 22.1 Å². The molecule has 0 bridgehead atoms. The second kappa shape index (κ2) is 6.20. The van der Waals surface area contributed by atoms with Crippen LogP contribution in [0.5, 0.6) is 5.75 Å². The number of benzene rings is 2. The first kappa shape index (κ1) is 14.8. The lowest BCUT2D eigenvalue weighted by Crippen LogP contribution is -2.21. The van der Waals surface area contributed by atoms with Crippen molar-refractivity contribution >= 4 is 11.6 Å². The highest BCUT2D eigenvalue weighted by atomic mass is 35.5. The third kappa shape index (κ3) is 3.26. The van der Waals surface area contributed by atoms with Crippen LogP contribution in [-0.2, 0) is 0 Å². The minimum atomic E-state index is -0.919. The first-order chi connectivity index (χ1) is 9.49. The number of rotatable bonds is 4. The highest BCUT2D eigenvalue weighted by molar-refractivity contribution is 6.30. The number of hydrogen-bond donors (Lipinski definition) is 1. The number of nitrogens with two attached hydrogens (primary N) is 1. The van der Waals surface area contributed by atoms with Crippen molar-refractivity contribution in [1.82, 2.24) is 0 Å². The standard InChI is InChI=1S/C15H14ClF2NO/c1-9-2-7-12(15(18)14(9)17)13(19)8-20-11-5-3-10(16)4-6-11/h2-7,13H,8,19H2,1H3. The Labute approximate surface area is 121 Å². The second-order valence-electron chi connectivity index (χ2n) is 4.47. The van der Waals surface area contributed by atoms with Gasteiger partial charge in [-0.2, -0.15) is 0 Å². The Hall–Kier alpha value is -1.65. The molecule has 0 radical (unpaired) electrons. The van der Waals surface area contributed by atoms with E-state index < -0.39 is 17.7 Å². The van der Waals surface area contributed by atoms with E-state index in [1.807, 2.05) is 0 Å². The van der Waals surface area contributed by atoms with E-state index in [0.29, 0.717) is 10.8 Å². The molecular weight excluding hydrogens is 284 g/mol. The smallest absolute Gasteiger partial charge is 0.163 e. The molecule has 1 atom stereocenters. The Morgan fingerprint density at radius 3 is 2.40 bits per heavy atom. The van der Waals surface area contributed by atoms with E-state index in [2.05, 4.69) is 0 Å². The average Bonchev–Trinajstić information content (AvgIpc) is 2.44. The molecule has 2 aromatic carbocycles. The number of ether oxygens (including phenoxy) is 1. The van der Waals surface area contributed by atoms with E-state index >= 15 is 0 Å². The molecule has 106 valence electrons. The molecule has 2 nitrogen and oxygen atoms in total. The van der Waals surface area contributed by atoms with Gasteiger partial charge in [0.15, 0.2) is 11.6 Å². The largest absolute Gasteiger partial charge is 0.492 e. The van der Waals surface area contributed by atoms with Crippen molar-refractivity contribution in [2.24, 2.45) is 5.73 Å². The molecular formula is C15H14ClF2NO. The lowest BCUT2D eigenvalue weighted by Gasteiger charge is -2.15. The van der Waals surface area contributed by atoms with Crippen LogP contribution in [0.3, 0.4) is 0 Å². The average molecular weight is 298 g/mol. The van der Waals surface area contributed by atoms with Crippen molar-refractivity contribution < 1.29 is 13.5 Å². The van der Waals surface area contributed by atoms with Gasteiger partial charge < -0.3 is 10.5 Å². The van der Waals surface area contributed by atoms with E-state index in [1.165, 1.54) is 19.1 Å². The lowest BCUT2D eigenvalue weighted by molar-refractivity contribution is 0.286. The van der Waals surface area contributed by atoms with E-state index in [0.717, 1.165) is 0 Å². The van der Waals surface area contributed by atoms with Gasteiger partial charge in [0.2, 0.25) is 0 Å². The molecule has 5 heteroatoms. The normalized spacial score (nSPS) is 12.2. The second-order valence-corrected chi connectivity index (χ2v) is 4.91. The molecule has 0 aromatic heterocycles. The minimum absolute atomic E-state index is 0.0427. The Morgan fingerprint density at radius 1 is 1.10 bits per heavy atom. The van der Waals surface area contributed by atoms with E-state index in [-0.39, 0.29) is 17.7 Å². The molecule has 0 saturated carbocycles. The molecule has 0 heterocycles. The van der Waals surface area contributed by atoms with E-state index in [9.17, 15) is 8.78 Å². The fourth-order valence-electron chi connectivity index (χ4n) is 1.75. The maximum absolute atomic E-state index is 13.8. The number of hydrogen-bond acceptors (Lipinski definition) is 2. The van der Waals surface area contributed by atoms with Crippen LogP contribution in [0, 0.1) is 18.6 Å². The van der Waals surface area contributed by atoms with Crippen LogP contribution < -0.4 is 10.5 Å².